The monoisotopic (exact) mass is 355 g/mol. The summed E-state index contributed by atoms with van der Waals surface area (Å²) in [6, 6.07) is 0. The Kier molecular flexibility index (Phi) is 3.96. The van der Waals surface area contributed by atoms with Crippen LogP contribution >= 0.6 is 15.9 Å². The van der Waals surface area contributed by atoms with E-state index in [9.17, 15) is 4.79 Å². The average Bonchev–Trinajstić information content (AvgIpc) is 2.36. The summed E-state index contributed by atoms with van der Waals surface area (Å²) in [6.07, 6.45) is 9.57. The van der Waals surface area contributed by atoms with Crippen molar-refractivity contribution in [1.29, 1.82) is 0 Å². The van der Waals surface area contributed by atoms with Gasteiger partial charge in [-0.3, -0.25) is 4.79 Å². The zero-order valence-electron chi connectivity index (χ0n) is 13.8. The number of carbonyl (C=O) groups excluding carboxylic acids is 1. The molecule has 0 aromatic carbocycles. The molecule has 4 aliphatic rings. The molecule has 4 fully saturated rings. The first-order valence-corrected chi connectivity index (χ1v) is 9.83. The van der Waals surface area contributed by atoms with Crippen LogP contribution in [0.1, 0.15) is 72.1 Å². The van der Waals surface area contributed by atoms with Crippen molar-refractivity contribution < 1.29 is 4.79 Å². The van der Waals surface area contributed by atoms with Crippen LogP contribution in [0.5, 0.6) is 0 Å². The molecule has 0 radical (unpaired) electrons. The van der Waals surface area contributed by atoms with Gasteiger partial charge < -0.3 is 5.32 Å². The molecule has 4 bridgehead atoms. The Balaban J connectivity index is 1.78. The van der Waals surface area contributed by atoms with E-state index in [4.69, 9.17) is 0 Å². The minimum Gasteiger partial charge on any atom is -0.350 e. The van der Waals surface area contributed by atoms with Crippen LogP contribution in [0.3, 0.4) is 0 Å². The minimum absolute atomic E-state index is 0.0401. The Labute approximate surface area is 138 Å². The highest BCUT2D eigenvalue weighted by Crippen LogP contribution is 2.65. The lowest BCUT2D eigenvalue weighted by molar-refractivity contribution is -0.157. The van der Waals surface area contributed by atoms with Crippen LogP contribution in [0, 0.1) is 22.7 Å². The Morgan fingerprint density at radius 3 is 2.38 bits per heavy atom. The van der Waals surface area contributed by atoms with Gasteiger partial charge >= 0.3 is 0 Å². The quantitative estimate of drug-likeness (QED) is 0.713. The Bertz CT molecular complexity index is 421. The van der Waals surface area contributed by atoms with Crippen LogP contribution in [-0.2, 0) is 4.79 Å². The molecule has 21 heavy (non-hydrogen) atoms. The van der Waals surface area contributed by atoms with E-state index >= 15 is 0 Å². The summed E-state index contributed by atoms with van der Waals surface area (Å²) in [5, 5.41) is 4.40. The van der Waals surface area contributed by atoms with E-state index in [-0.39, 0.29) is 11.0 Å². The molecule has 1 N–H and O–H groups in total. The SMILES string of the molecule is CCC(C)(CCBr)NC(=O)C12CC3CC(CC(C)(C3)C1)C2. The largest absolute Gasteiger partial charge is 0.350 e. The number of hydrogen-bond acceptors (Lipinski definition) is 1. The second-order valence-electron chi connectivity index (χ2n) is 8.86. The summed E-state index contributed by atoms with van der Waals surface area (Å²) < 4.78 is 0. The molecule has 3 atom stereocenters. The molecule has 3 unspecified atom stereocenters. The molecule has 4 saturated carbocycles. The molecule has 0 aromatic rings. The topological polar surface area (TPSA) is 29.1 Å². The van der Waals surface area contributed by atoms with Gasteiger partial charge in [0.25, 0.3) is 0 Å². The number of carbonyl (C=O) groups is 1. The fourth-order valence-corrected chi connectivity index (χ4v) is 6.80. The first-order chi connectivity index (χ1) is 9.82. The zero-order valence-corrected chi connectivity index (χ0v) is 15.4. The van der Waals surface area contributed by atoms with Crippen LogP contribution in [0.15, 0.2) is 0 Å². The fraction of sp³-hybridized carbons (Fsp3) is 0.944. The highest BCUT2D eigenvalue weighted by molar-refractivity contribution is 9.09. The Morgan fingerprint density at radius 1 is 1.29 bits per heavy atom. The number of nitrogens with one attached hydrogen (secondary N) is 1. The molecule has 0 aromatic heterocycles. The van der Waals surface area contributed by atoms with Crippen molar-refractivity contribution in [2.75, 3.05) is 5.33 Å². The van der Waals surface area contributed by atoms with Crippen LogP contribution < -0.4 is 5.32 Å². The lowest BCUT2D eigenvalue weighted by atomic mass is 9.44. The van der Waals surface area contributed by atoms with Gasteiger partial charge in [-0.25, -0.2) is 0 Å². The second kappa shape index (κ2) is 5.25. The third kappa shape index (κ3) is 2.80. The molecule has 3 heteroatoms. The molecule has 0 spiro atoms. The van der Waals surface area contributed by atoms with Crippen molar-refractivity contribution in [3.63, 3.8) is 0 Å². The van der Waals surface area contributed by atoms with Crippen molar-refractivity contribution in [2.24, 2.45) is 22.7 Å². The lowest BCUT2D eigenvalue weighted by Crippen LogP contribution is -2.60. The van der Waals surface area contributed by atoms with Gasteiger partial charge in [0, 0.05) is 10.9 Å². The molecule has 4 rings (SSSR count). The van der Waals surface area contributed by atoms with Gasteiger partial charge in [-0.1, -0.05) is 29.8 Å². The summed E-state index contributed by atoms with van der Waals surface area (Å²) in [7, 11) is 0. The molecule has 4 aliphatic carbocycles. The summed E-state index contributed by atoms with van der Waals surface area (Å²) >= 11 is 3.54. The second-order valence-corrected chi connectivity index (χ2v) is 9.65. The molecule has 120 valence electrons. The van der Waals surface area contributed by atoms with Crippen molar-refractivity contribution in [3.8, 4) is 0 Å². The lowest BCUT2D eigenvalue weighted by Gasteiger charge is -2.60. The third-order valence-corrected chi connectivity index (χ3v) is 7.07. The predicted molar refractivity (Wildman–Crippen MR) is 90.5 cm³/mol. The van der Waals surface area contributed by atoms with Crippen LogP contribution in [0.4, 0.5) is 0 Å². The van der Waals surface area contributed by atoms with E-state index < -0.39 is 0 Å². The van der Waals surface area contributed by atoms with Crippen molar-refractivity contribution in [3.05, 3.63) is 0 Å². The van der Waals surface area contributed by atoms with E-state index in [1.165, 1.54) is 19.3 Å². The standard InChI is InChI=1S/C18H30BrNO/c1-4-17(3,5-6-19)20-15(21)18-10-13-7-14(11-18)9-16(2,8-13)12-18/h13-14H,4-12H2,1-3H3,(H,20,21). The maximum absolute atomic E-state index is 13.2. The van der Waals surface area contributed by atoms with Crippen molar-refractivity contribution >= 4 is 21.8 Å². The van der Waals surface area contributed by atoms with Gasteiger partial charge in [0.2, 0.25) is 5.91 Å². The molecule has 0 saturated heterocycles. The summed E-state index contributed by atoms with van der Waals surface area (Å²) in [5.74, 6) is 1.99. The highest BCUT2D eigenvalue weighted by Gasteiger charge is 2.59. The average molecular weight is 356 g/mol. The number of hydrogen-bond donors (Lipinski definition) is 1. The number of rotatable bonds is 5. The maximum atomic E-state index is 13.2. The van der Waals surface area contributed by atoms with E-state index in [2.05, 4.69) is 42.0 Å². The Morgan fingerprint density at radius 2 is 1.90 bits per heavy atom. The van der Waals surface area contributed by atoms with E-state index in [1.54, 1.807) is 0 Å². The first-order valence-electron chi connectivity index (χ1n) is 8.71. The normalized spacial score (nSPS) is 43.6. The van der Waals surface area contributed by atoms with Crippen molar-refractivity contribution in [2.45, 2.75) is 77.7 Å². The summed E-state index contributed by atoms with van der Waals surface area (Å²) in [5.41, 5.74) is 0.353. The summed E-state index contributed by atoms with van der Waals surface area (Å²) in [6.45, 7) is 6.82. The third-order valence-electron chi connectivity index (χ3n) is 6.68. The number of alkyl halides is 1. The van der Waals surface area contributed by atoms with E-state index in [0.29, 0.717) is 11.3 Å². The van der Waals surface area contributed by atoms with Gasteiger partial charge in [-0.15, -0.1) is 0 Å². The van der Waals surface area contributed by atoms with Gasteiger partial charge in [-0.2, -0.15) is 0 Å². The van der Waals surface area contributed by atoms with Crippen LogP contribution in [0.2, 0.25) is 0 Å². The fourth-order valence-electron chi connectivity index (χ4n) is 5.93. The predicted octanol–water partition coefficient (Wildman–Crippen LogP) is 4.66. The zero-order chi connectivity index (χ0) is 15.3. The maximum Gasteiger partial charge on any atom is 0.226 e. The minimum atomic E-state index is -0.0508. The molecular weight excluding hydrogens is 326 g/mol. The van der Waals surface area contributed by atoms with Crippen LogP contribution in [-0.4, -0.2) is 16.8 Å². The van der Waals surface area contributed by atoms with Gasteiger partial charge in [0.05, 0.1) is 5.41 Å². The molecular formula is C18H30BrNO. The van der Waals surface area contributed by atoms with Gasteiger partial charge in [0.1, 0.15) is 0 Å². The molecule has 0 heterocycles. The first kappa shape index (κ1) is 15.8. The van der Waals surface area contributed by atoms with Gasteiger partial charge in [0.15, 0.2) is 0 Å². The number of amides is 1. The summed E-state index contributed by atoms with van der Waals surface area (Å²) in [4.78, 5) is 13.2. The smallest absolute Gasteiger partial charge is 0.226 e. The van der Waals surface area contributed by atoms with E-state index in [0.717, 1.165) is 49.3 Å². The van der Waals surface area contributed by atoms with E-state index in [1.807, 2.05) is 0 Å². The highest BCUT2D eigenvalue weighted by atomic mass is 79.9. The molecule has 2 nitrogen and oxygen atoms in total. The molecule has 0 aliphatic heterocycles. The van der Waals surface area contributed by atoms with Crippen LogP contribution in [0.25, 0.3) is 0 Å². The molecule has 1 amide bonds. The number of halogens is 1. The Hall–Kier alpha value is -0.0500. The van der Waals surface area contributed by atoms with Crippen molar-refractivity contribution in [1.82, 2.24) is 5.32 Å². The van der Waals surface area contributed by atoms with Gasteiger partial charge in [-0.05, 0) is 75.5 Å².